The first-order valence-electron chi connectivity index (χ1n) is 5.12. The van der Waals surface area contributed by atoms with Gasteiger partial charge in [-0.3, -0.25) is 4.98 Å². The van der Waals surface area contributed by atoms with E-state index in [9.17, 15) is 0 Å². The second-order valence-electron chi connectivity index (χ2n) is 3.36. The molecule has 0 amide bonds. The van der Waals surface area contributed by atoms with Crippen molar-refractivity contribution in [1.82, 2.24) is 15.2 Å². The van der Waals surface area contributed by atoms with E-state index in [4.69, 9.17) is 12.2 Å². The van der Waals surface area contributed by atoms with Crippen LogP contribution in [-0.4, -0.2) is 35.1 Å². The molecule has 1 N–H and O–H groups in total. The quantitative estimate of drug-likeness (QED) is 0.782. The molecule has 0 radical (unpaired) electrons. The zero-order valence-electron chi connectivity index (χ0n) is 9.23. The summed E-state index contributed by atoms with van der Waals surface area (Å²) in [5, 5.41) is 3.94. The third kappa shape index (κ3) is 4.25. The van der Waals surface area contributed by atoms with E-state index in [-0.39, 0.29) is 0 Å². The van der Waals surface area contributed by atoms with Crippen molar-refractivity contribution in [2.45, 2.75) is 13.3 Å². The van der Waals surface area contributed by atoms with Gasteiger partial charge in [-0.15, -0.1) is 0 Å². The minimum absolute atomic E-state index is 0.812. The predicted octanol–water partition coefficient (Wildman–Crippen LogP) is 1.45. The Balaban J connectivity index is 2.34. The van der Waals surface area contributed by atoms with Crippen LogP contribution in [0.4, 0.5) is 0 Å². The van der Waals surface area contributed by atoms with E-state index in [1.165, 1.54) is 5.56 Å². The third-order valence-electron chi connectivity index (χ3n) is 2.16. The van der Waals surface area contributed by atoms with Crippen molar-refractivity contribution >= 4 is 17.3 Å². The maximum absolute atomic E-state index is 5.19. The van der Waals surface area contributed by atoms with Crippen LogP contribution in [0.1, 0.15) is 12.5 Å². The minimum Gasteiger partial charge on any atom is -0.363 e. The van der Waals surface area contributed by atoms with E-state index < -0.39 is 0 Å². The van der Waals surface area contributed by atoms with Gasteiger partial charge in [0.25, 0.3) is 0 Å². The third-order valence-corrected chi connectivity index (χ3v) is 2.62. The number of nitrogens with one attached hydrogen (secondary N) is 1. The summed E-state index contributed by atoms with van der Waals surface area (Å²) >= 11 is 5.19. The van der Waals surface area contributed by atoms with Gasteiger partial charge in [-0.2, -0.15) is 0 Å². The van der Waals surface area contributed by atoms with Crippen LogP contribution in [-0.2, 0) is 6.42 Å². The first-order valence-corrected chi connectivity index (χ1v) is 5.52. The van der Waals surface area contributed by atoms with Gasteiger partial charge < -0.3 is 10.2 Å². The van der Waals surface area contributed by atoms with E-state index >= 15 is 0 Å². The lowest BCUT2D eigenvalue weighted by molar-refractivity contribution is 0.498. The highest BCUT2D eigenvalue weighted by molar-refractivity contribution is 7.80. The highest BCUT2D eigenvalue weighted by atomic mass is 32.1. The largest absolute Gasteiger partial charge is 0.363 e. The van der Waals surface area contributed by atoms with Crippen molar-refractivity contribution in [1.29, 1.82) is 0 Å². The van der Waals surface area contributed by atoms with Crippen molar-refractivity contribution in [2.24, 2.45) is 0 Å². The standard InChI is InChI=1S/C11H17N3S/c1-3-13-11(15)14(2)9-6-10-4-7-12-8-5-10/h4-5,7-8H,3,6,9H2,1-2H3,(H,13,15). The molecule has 0 aromatic carbocycles. The Bertz CT molecular complexity index is 300. The van der Waals surface area contributed by atoms with Crippen LogP contribution in [0.25, 0.3) is 0 Å². The number of hydrogen-bond donors (Lipinski definition) is 1. The molecular weight excluding hydrogens is 206 g/mol. The van der Waals surface area contributed by atoms with Gasteiger partial charge in [0.1, 0.15) is 0 Å². The summed E-state index contributed by atoms with van der Waals surface area (Å²) in [6, 6.07) is 4.06. The van der Waals surface area contributed by atoms with Crippen LogP contribution in [0.5, 0.6) is 0 Å². The van der Waals surface area contributed by atoms with Crippen LogP contribution in [0.3, 0.4) is 0 Å². The lowest BCUT2D eigenvalue weighted by Gasteiger charge is -2.20. The molecular formula is C11H17N3S. The molecule has 0 unspecified atom stereocenters. The normalized spacial score (nSPS) is 9.73. The Hall–Kier alpha value is -1.16. The molecule has 0 aliphatic heterocycles. The molecule has 15 heavy (non-hydrogen) atoms. The van der Waals surface area contributed by atoms with Crippen molar-refractivity contribution in [3.63, 3.8) is 0 Å². The average Bonchev–Trinajstić information content (AvgIpc) is 2.27. The molecule has 1 heterocycles. The van der Waals surface area contributed by atoms with Gasteiger partial charge in [0.05, 0.1) is 0 Å². The first-order chi connectivity index (χ1) is 7.24. The van der Waals surface area contributed by atoms with E-state index in [1.54, 1.807) is 0 Å². The highest BCUT2D eigenvalue weighted by Crippen LogP contribution is 1.98. The van der Waals surface area contributed by atoms with Gasteiger partial charge in [0.15, 0.2) is 5.11 Å². The number of aromatic nitrogens is 1. The summed E-state index contributed by atoms with van der Waals surface area (Å²) in [5.74, 6) is 0. The number of rotatable bonds is 4. The van der Waals surface area contributed by atoms with Gasteiger partial charge in [-0.1, -0.05) is 0 Å². The molecule has 1 rings (SSSR count). The van der Waals surface area contributed by atoms with Gasteiger partial charge >= 0.3 is 0 Å². The average molecular weight is 223 g/mol. The highest BCUT2D eigenvalue weighted by Gasteiger charge is 2.02. The molecule has 0 saturated heterocycles. The van der Waals surface area contributed by atoms with Crippen LogP contribution in [0, 0.1) is 0 Å². The molecule has 0 atom stereocenters. The summed E-state index contributed by atoms with van der Waals surface area (Å²) in [6.45, 7) is 3.84. The van der Waals surface area contributed by atoms with E-state index in [0.717, 1.165) is 24.6 Å². The molecule has 0 saturated carbocycles. The van der Waals surface area contributed by atoms with Gasteiger partial charge in [0.2, 0.25) is 0 Å². The molecule has 1 aromatic heterocycles. The molecule has 0 aliphatic rings. The van der Waals surface area contributed by atoms with Crippen LogP contribution in [0.15, 0.2) is 24.5 Å². The monoisotopic (exact) mass is 223 g/mol. The van der Waals surface area contributed by atoms with Crippen LogP contribution < -0.4 is 5.32 Å². The smallest absolute Gasteiger partial charge is 0.168 e. The van der Waals surface area contributed by atoms with Crippen LogP contribution >= 0.6 is 12.2 Å². The summed E-state index contributed by atoms with van der Waals surface area (Å²) < 4.78 is 0. The Morgan fingerprint density at radius 1 is 1.47 bits per heavy atom. The van der Waals surface area contributed by atoms with Crippen molar-refractivity contribution < 1.29 is 0 Å². The van der Waals surface area contributed by atoms with Crippen molar-refractivity contribution in [3.8, 4) is 0 Å². The fourth-order valence-electron chi connectivity index (χ4n) is 1.23. The molecule has 0 fully saturated rings. The summed E-state index contributed by atoms with van der Waals surface area (Å²) in [5.41, 5.74) is 1.29. The molecule has 4 heteroatoms. The van der Waals surface area contributed by atoms with E-state index in [0.29, 0.717) is 0 Å². The SMILES string of the molecule is CCNC(=S)N(C)CCc1ccncc1. The van der Waals surface area contributed by atoms with E-state index in [1.807, 2.05) is 38.5 Å². The van der Waals surface area contributed by atoms with Crippen molar-refractivity contribution in [2.75, 3.05) is 20.1 Å². The van der Waals surface area contributed by atoms with Gasteiger partial charge in [-0.25, -0.2) is 0 Å². The first kappa shape index (κ1) is 11.9. The molecule has 1 aromatic rings. The maximum Gasteiger partial charge on any atom is 0.168 e. The Morgan fingerprint density at radius 2 is 2.13 bits per heavy atom. The Morgan fingerprint density at radius 3 is 2.73 bits per heavy atom. The fourth-order valence-corrected chi connectivity index (χ4v) is 1.47. The molecule has 0 bridgehead atoms. The summed E-state index contributed by atoms with van der Waals surface area (Å²) in [7, 11) is 2.01. The zero-order chi connectivity index (χ0) is 11.1. The number of nitrogens with zero attached hydrogens (tertiary/aromatic N) is 2. The molecule has 82 valence electrons. The lowest BCUT2D eigenvalue weighted by atomic mass is 10.2. The van der Waals surface area contributed by atoms with Gasteiger partial charge in [-0.05, 0) is 43.3 Å². The number of pyridine rings is 1. The zero-order valence-corrected chi connectivity index (χ0v) is 10.0. The van der Waals surface area contributed by atoms with Gasteiger partial charge in [0, 0.05) is 32.5 Å². The minimum atomic E-state index is 0.812. The Kier molecular flexibility index (Phi) is 5.04. The molecule has 0 spiro atoms. The molecule has 0 aliphatic carbocycles. The maximum atomic E-state index is 5.19. The fraction of sp³-hybridized carbons (Fsp3) is 0.455. The van der Waals surface area contributed by atoms with Crippen molar-refractivity contribution in [3.05, 3.63) is 30.1 Å². The summed E-state index contributed by atoms with van der Waals surface area (Å²) in [6.07, 6.45) is 4.63. The van der Waals surface area contributed by atoms with E-state index in [2.05, 4.69) is 15.2 Å². The second kappa shape index (κ2) is 6.35. The number of hydrogen-bond acceptors (Lipinski definition) is 2. The lowest BCUT2D eigenvalue weighted by Crippen LogP contribution is -2.37. The second-order valence-corrected chi connectivity index (χ2v) is 3.75. The number of likely N-dealkylation sites (N-methyl/N-ethyl adjacent to an activating group) is 1. The topological polar surface area (TPSA) is 28.2 Å². The summed E-state index contributed by atoms with van der Waals surface area (Å²) in [4.78, 5) is 6.04. The molecule has 3 nitrogen and oxygen atoms in total. The number of thiocarbonyl (C=S) groups is 1. The predicted molar refractivity (Wildman–Crippen MR) is 66.8 cm³/mol. The van der Waals surface area contributed by atoms with Crippen LogP contribution in [0.2, 0.25) is 0 Å². The Labute approximate surface area is 96.5 Å².